The summed E-state index contributed by atoms with van der Waals surface area (Å²) in [6, 6.07) is 30.7. The first-order valence-electron chi connectivity index (χ1n) is 31.4. The third-order valence-electron chi connectivity index (χ3n) is 17.9. The number of anilines is 1. The zero-order chi connectivity index (χ0) is 65.6. The molecule has 0 fully saturated rings. The number of aliphatic hydroxyl groups is 1. The Morgan fingerprint density at radius 1 is 0.677 bits per heavy atom. The van der Waals surface area contributed by atoms with Gasteiger partial charge in [0.1, 0.15) is 37.1 Å². The summed E-state index contributed by atoms with van der Waals surface area (Å²) in [6.07, 6.45) is 4.69. The molecule has 1 aromatic heterocycles. The second-order valence-electron chi connectivity index (χ2n) is 24.5. The van der Waals surface area contributed by atoms with E-state index in [1.54, 1.807) is 54.3 Å². The van der Waals surface area contributed by atoms with E-state index in [0.29, 0.717) is 77.5 Å². The minimum Gasteiger partial charge on any atom is -0.497 e. The van der Waals surface area contributed by atoms with Crippen LogP contribution in [-0.4, -0.2) is 123 Å². The molecule has 0 bridgehead atoms. The number of carbonyl (C=O) groups excluding carboxylic acids is 8. The number of aliphatic hydroxyl groups excluding tert-OH is 1. The number of Topliss-reactive ketones (excluding diaryl/α,β-unsaturated/α-hetero) is 2. The Labute approximate surface area is 539 Å². The first kappa shape index (κ1) is 64.5. The van der Waals surface area contributed by atoms with Crippen molar-refractivity contribution >= 4 is 64.8 Å². The third kappa shape index (κ3) is 14.4. The van der Waals surface area contributed by atoms with Crippen molar-refractivity contribution in [2.75, 3.05) is 25.7 Å². The first-order valence-corrected chi connectivity index (χ1v) is 31.4. The van der Waals surface area contributed by atoms with Crippen molar-refractivity contribution in [3.63, 3.8) is 0 Å². The van der Waals surface area contributed by atoms with Gasteiger partial charge in [0.05, 0.1) is 66.2 Å². The monoisotopic (exact) mass is 1260 g/mol. The van der Waals surface area contributed by atoms with Crippen LogP contribution < -0.4 is 29.2 Å². The Hall–Kier alpha value is -10.0. The number of methoxy groups -OCH3 is 2. The summed E-state index contributed by atoms with van der Waals surface area (Å²) in [7, 11) is 2.96. The van der Waals surface area contributed by atoms with Gasteiger partial charge in [-0.25, -0.2) is 9.69 Å². The second kappa shape index (κ2) is 28.2. The highest BCUT2D eigenvalue weighted by Gasteiger charge is 2.46. The van der Waals surface area contributed by atoms with Crippen LogP contribution in [0.25, 0.3) is 0 Å². The van der Waals surface area contributed by atoms with Crippen molar-refractivity contribution in [1.82, 2.24) is 25.0 Å². The number of nitrogens with one attached hydrogen (secondary N) is 1. The highest BCUT2D eigenvalue weighted by molar-refractivity contribution is 6.13. The number of rotatable bonds is 24. The second-order valence-corrected chi connectivity index (χ2v) is 24.5. The lowest BCUT2D eigenvalue weighted by Gasteiger charge is -2.39. The molecule has 482 valence electrons. The number of hydrogen-bond donors (Lipinski definition) is 2. The van der Waals surface area contributed by atoms with E-state index >= 15 is 0 Å². The number of aromatic nitrogens is 1. The van der Waals surface area contributed by atoms with Gasteiger partial charge in [-0.3, -0.25) is 48.4 Å². The standard InChI is InChI=1S/C72H75N7O14/c1-42(2)56(32-54(80)18-8-7-13-25-76-66(82)23-24-67(76)83)68(84)74-44(4)62(81)27-45-19-21-46(22-20-45)39-93-72(88)79-60-35-65(64(90-6)33-58(60)70(86)78-38-50-17-12-10-15-48(50)29-61(78)71(79)87)92-41-52-31-55(89-5)30-51(75-52)40-91-63-34-59-57(26-43(63)3)69(85)77-37-49-16-11-9-14-47(49)28-53(77)36-73-59/h9-12,14-17,19-24,26,30-31,33-36,42,44,53,56,61,71,87H,7-8,13,18,25,27-29,32,37-41H2,1-6H3,(H,74,84)/t44-,53-,56-,61-,71?/m0/s1. The maximum atomic E-state index is 14.8. The number of benzene rings is 5. The van der Waals surface area contributed by atoms with E-state index in [4.69, 9.17) is 33.7 Å². The quantitative estimate of drug-likeness (QED) is 0.0423. The van der Waals surface area contributed by atoms with Crippen LogP contribution in [-0.2, 0) is 80.9 Å². The van der Waals surface area contributed by atoms with Gasteiger partial charge in [-0.2, -0.15) is 0 Å². The number of carbonyl (C=O) groups is 8. The normalized spacial score (nSPS) is 17.7. The van der Waals surface area contributed by atoms with Crippen LogP contribution in [0.4, 0.5) is 16.2 Å². The first-order chi connectivity index (χ1) is 44.8. The lowest BCUT2D eigenvalue weighted by atomic mass is 9.88. The van der Waals surface area contributed by atoms with Gasteiger partial charge >= 0.3 is 6.09 Å². The fraction of sp³-hybridized carbons (Fsp3) is 0.361. The van der Waals surface area contributed by atoms with Crippen molar-refractivity contribution in [2.24, 2.45) is 16.8 Å². The van der Waals surface area contributed by atoms with E-state index in [2.05, 4.69) is 17.4 Å². The molecule has 5 aliphatic heterocycles. The molecule has 0 spiro atoms. The molecule has 0 saturated carbocycles. The molecule has 6 heterocycles. The number of imide groups is 1. The molecule has 0 saturated heterocycles. The third-order valence-corrected chi connectivity index (χ3v) is 17.9. The topological polar surface area (TPSA) is 253 Å². The Morgan fingerprint density at radius 3 is 1.98 bits per heavy atom. The van der Waals surface area contributed by atoms with Gasteiger partial charge in [-0.1, -0.05) is 93.1 Å². The number of unbranched alkanes of at least 4 members (excludes halogenated alkanes) is 2. The number of fused-ring (bicyclic) bond motifs is 6. The molecule has 21 heteroatoms. The van der Waals surface area contributed by atoms with Crippen molar-refractivity contribution in [2.45, 2.75) is 136 Å². The summed E-state index contributed by atoms with van der Waals surface area (Å²) in [4.78, 5) is 122. The molecule has 21 nitrogen and oxygen atoms in total. The summed E-state index contributed by atoms with van der Waals surface area (Å²) in [6.45, 7) is 7.75. The molecule has 6 amide bonds. The van der Waals surface area contributed by atoms with E-state index in [0.717, 1.165) is 27.2 Å². The van der Waals surface area contributed by atoms with E-state index in [-0.39, 0.29) is 123 Å². The smallest absolute Gasteiger partial charge is 0.416 e. The van der Waals surface area contributed by atoms with Crippen molar-refractivity contribution < 1.29 is 67.1 Å². The predicted molar refractivity (Wildman–Crippen MR) is 343 cm³/mol. The van der Waals surface area contributed by atoms with E-state index in [9.17, 15) is 43.5 Å². The van der Waals surface area contributed by atoms with Crippen LogP contribution in [0.2, 0.25) is 0 Å². The molecule has 11 rings (SSSR count). The zero-order valence-electron chi connectivity index (χ0n) is 52.9. The van der Waals surface area contributed by atoms with Crippen LogP contribution in [0.1, 0.15) is 124 Å². The number of aryl methyl sites for hydroxylation is 1. The highest BCUT2D eigenvalue weighted by atomic mass is 16.6. The van der Waals surface area contributed by atoms with E-state index in [1.807, 2.05) is 74.4 Å². The summed E-state index contributed by atoms with van der Waals surface area (Å²) >= 11 is 0. The van der Waals surface area contributed by atoms with Gasteiger partial charge < -0.3 is 43.9 Å². The average Bonchev–Trinajstić information content (AvgIpc) is 1.65. The van der Waals surface area contributed by atoms with Gasteiger partial charge in [0.2, 0.25) is 5.91 Å². The summed E-state index contributed by atoms with van der Waals surface area (Å²) in [5.74, 6) is -1.50. The number of aliphatic imine (C=N–C) groups is 1. The van der Waals surface area contributed by atoms with Crippen LogP contribution in [0, 0.1) is 18.8 Å². The van der Waals surface area contributed by atoms with E-state index in [1.165, 1.54) is 49.0 Å². The Bertz CT molecular complexity index is 3960. The van der Waals surface area contributed by atoms with Crippen LogP contribution in [0.3, 0.4) is 0 Å². The minimum absolute atomic E-state index is 0.0156. The largest absolute Gasteiger partial charge is 0.497 e. The fourth-order valence-electron chi connectivity index (χ4n) is 12.5. The Morgan fingerprint density at radius 2 is 1.31 bits per heavy atom. The Balaban J connectivity index is 0.743. The summed E-state index contributed by atoms with van der Waals surface area (Å²) in [5, 5.41) is 15.2. The lowest BCUT2D eigenvalue weighted by Crippen LogP contribution is -2.55. The summed E-state index contributed by atoms with van der Waals surface area (Å²) in [5.41, 5.74) is 8.09. The van der Waals surface area contributed by atoms with Gasteiger partial charge in [-0.15, -0.1) is 0 Å². The summed E-state index contributed by atoms with van der Waals surface area (Å²) < 4.78 is 30.3. The van der Waals surface area contributed by atoms with Crippen molar-refractivity contribution in [1.29, 1.82) is 0 Å². The molecule has 5 aromatic carbocycles. The van der Waals surface area contributed by atoms with Gasteiger partial charge in [-0.05, 0) is 96.5 Å². The number of hydrogen-bond acceptors (Lipinski definition) is 16. The SMILES string of the molecule is COc1cc(COc2cc3c(cc2C)C(=O)N2Cc4ccccc4C[C@H]2C=N3)nc(COc2cc3c(cc2OC)C(=O)N2Cc4ccccc4C[C@H]2C(O)N3C(=O)OCc2ccc(CC(=O)[C@H](C)NC(=O)[C@@H](CC(=O)CCCCCN3C(=O)C=CC3=O)C(C)C)cc2)c1. The van der Waals surface area contributed by atoms with Crippen LogP contribution >= 0.6 is 0 Å². The number of nitrogens with zero attached hydrogens (tertiary/aromatic N) is 6. The lowest BCUT2D eigenvalue weighted by molar-refractivity contribution is -0.137. The predicted octanol–water partition coefficient (Wildman–Crippen LogP) is 9.22. The minimum atomic E-state index is -1.59. The van der Waals surface area contributed by atoms with Crippen molar-refractivity contribution in [3.05, 3.63) is 183 Å². The highest BCUT2D eigenvalue weighted by Crippen LogP contribution is 2.43. The van der Waals surface area contributed by atoms with Crippen molar-refractivity contribution in [3.8, 4) is 23.0 Å². The Kier molecular flexibility index (Phi) is 19.6. The molecule has 5 atom stereocenters. The maximum absolute atomic E-state index is 14.8. The number of amides is 6. The van der Waals surface area contributed by atoms with Gasteiger partial charge in [0, 0.05) is 87.4 Å². The van der Waals surface area contributed by atoms with Gasteiger partial charge in [0.25, 0.3) is 23.6 Å². The zero-order valence-corrected chi connectivity index (χ0v) is 52.9. The van der Waals surface area contributed by atoms with Crippen LogP contribution in [0.15, 0.2) is 126 Å². The maximum Gasteiger partial charge on any atom is 0.416 e. The molecular formula is C72H75N7O14. The number of ketones is 2. The molecule has 5 aliphatic rings. The number of ether oxygens (including phenoxy) is 5. The number of pyridine rings is 1. The van der Waals surface area contributed by atoms with Crippen LogP contribution in [0.5, 0.6) is 23.0 Å². The molecule has 0 aliphatic carbocycles. The molecular weight excluding hydrogens is 1190 g/mol. The van der Waals surface area contributed by atoms with Gasteiger partial charge in [0.15, 0.2) is 23.5 Å². The fourth-order valence-corrected chi connectivity index (χ4v) is 12.5. The molecule has 0 radical (unpaired) electrons. The average molecular weight is 1260 g/mol. The molecule has 6 aromatic rings. The molecule has 93 heavy (non-hydrogen) atoms. The molecule has 2 N–H and O–H groups in total. The van der Waals surface area contributed by atoms with E-state index < -0.39 is 42.1 Å². The molecule has 1 unspecified atom stereocenters.